The molecule has 3 N–H and O–H groups in total. The summed E-state index contributed by atoms with van der Waals surface area (Å²) in [4.78, 5) is 34.6. The molecule has 0 radical (unpaired) electrons. The Morgan fingerprint density at radius 1 is 1.07 bits per heavy atom. The number of rotatable bonds is 12. The van der Waals surface area contributed by atoms with Crippen molar-refractivity contribution >= 4 is 34.3 Å². The van der Waals surface area contributed by atoms with Gasteiger partial charge in [0.05, 0.1) is 37.6 Å². The van der Waals surface area contributed by atoms with Gasteiger partial charge in [-0.25, -0.2) is 9.59 Å². The summed E-state index contributed by atoms with van der Waals surface area (Å²) in [6.45, 7) is 9.11. The number of esters is 1. The quantitative estimate of drug-likeness (QED) is 0.200. The first-order chi connectivity index (χ1) is 21.9. The van der Waals surface area contributed by atoms with Gasteiger partial charge in [-0.2, -0.15) is 0 Å². The van der Waals surface area contributed by atoms with Crippen LogP contribution in [0.25, 0.3) is 10.9 Å². The second-order valence-corrected chi connectivity index (χ2v) is 10.8. The van der Waals surface area contributed by atoms with E-state index >= 15 is 0 Å². The van der Waals surface area contributed by atoms with Gasteiger partial charge in [0.25, 0.3) is 0 Å². The van der Waals surface area contributed by atoms with Crippen LogP contribution in [-0.2, 0) is 4.74 Å². The van der Waals surface area contributed by atoms with Crippen molar-refractivity contribution in [3.05, 3.63) is 60.6 Å². The number of piperazine rings is 1. The molecule has 2 amide bonds. The molecule has 0 unspecified atom stereocenters. The SMILES string of the molecule is CCOC(=O)c1cnc2cc(OCCCN3C=CNN3)c(OC)cc2c1N1CCN(C(=O)Nc2ccc(OC(C)C)cc2)CC1. The third-order valence-electron chi connectivity index (χ3n) is 7.33. The van der Waals surface area contributed by atoms with Gasteiger partial charge < -0.3 is 39.5 Å². The smallest absolute Gasteiger partial charge is 0.341 e. The third-order valence-corrected chi connectivity index (χ3v) is 7.33. The van der Waals surface area contributed by atoms with Crippen LogP contribution in [-0.4, -0.2) is 86.0 Å². The first kappa shape index (κ1) is 31.5. The number of fused-ring (bicyclic) bond motifs is 1. The Morgan fingerprint density at radius 2 is 1.84 bits per heavy atom. The number of hydrogen-bond donors (Lipinski definition) is 3. The number of hydrogen-bond acceptors (Lipinski definition) is 11. The molecular formula is C32H41N7O6. The van der Waals surface area contributed by atoms with Gasteiger partial charge in [0.1, 0.15) is 11.3 Å². The highest BCUT2D eigenvalue weighted by atomic mass is 16.5. The van der Waals surface area contributed by atoms with Crippen molar-refractivity contribution in [2.75, 3.05) is 63.3 Å². The lowest BCUT2D eigenvalue weighted by molar-refractivity contribution is 0.0526. The van der Waals surface area contributed by atoms with E-state index in [0.717, 1.165) is 24.1 Å². The fourth-order valence-electron chi connectivity index (χ4n) is 5.21. The highest BCUT2D eigenvalue weighted by Gasteiger charge is 2.28. The number of amides is 2. The van der Waals surface area contributed by atoms with Gasteiger partial charge in [0, 0.05) is 74.9 Å². The molecule has 240 valence electrons. The van der Waals surface area contributed by atoms with Crippen molar-refractivity contribution < 1.29 is 28.5 Å². The van der Waals surface area contributed by atoms with E-state index in [9.17, 15) is 9.59 Å². The molecule has 0 saturated carbocycles. The molecule has 13 nitrogen and oxygen atoms in total. The van der Waals surface area contributed by atoms with Crippen LogP contribution in [0.5, 0.6) is 17.2 Å². The number of anilines is 2. The van der Waals surface area contributed by atoms with E-state index < -0.39 is 5.97 Å². The molecule has 0 atom stereocenters. The van der Waals surface area contributed by atoms with Crippen molar-refractivity contribution in [1.29, 1.82) is 0 Å². The predicted octanol–water partition coefficient (Wildman–Crippen LogP) is 4.13. The molecular weight excluding hydrogens is 578 g/mol. The molecule has 2 aromatic carbocycles. The van der Waals surface area contributed by atoms with E-state index in [1.54, 1.807) is 25.1 Å². The monoisotopic (exact) mass is 619 g/mol. The summed E-state index contributed by atoms with van der Waals surface area (Å²) in [5.41, 5.74) is 8.32. The Morgan fingerprint density at radius 3 is 2.51 bits per heavy atom. The lowest BCUT2D eigenvalue weighted by Crippen LogP contribution is -2.50. The summed E-state index contributed by atoms with van der Waals surface area (Å²) in [5, 5.41) is 5.63. The number of carbonyl (C=O) groups excluding carboxylic acids is 2. The van der Waals surface area contributed by atoms with Gasteiger partial charge in [-0.05, 0) is 51.1 Å². The number of hydrazine groups is 2. The Kier molecular flexibility index (Phi) is 10.3. The molecule has 3 heterocycles. The summed E-state index contributed by atoms with van der Waals surface area (Å²) < 4.78 is 22.9. The minimum Gasteiger partial charge on any atom is -0.493 e. The number of nitrogens with one attached hydrogen (secondary N) is 3. The van der Waals surface area contributed by atoms with E-state index in [2.05, 4.69) is 26.2 Å². The van der Waals surface area contributed by atoms with Gasteiger partial charge >= 0.3 is 12.0 Å². The zero-order chi connectivity index (χ0) is 31.8. The van der Waals surface area contributed by atoms with Crippen LogP contribution in [0.2, 0.25) is 0 Å². The van der Waals surface area contributed by atoms with Crippen LogP contribution >= 0.6 is 0 Å². The van der Waals surface area contributed by atoms with Crippen molar-refractivity contribution in [2.45, 2.75) is 33.3 Å². The van der Waals surface area contributed by atoms with Crippen LogP contribution in [0.15, 0.2) is 55.0 Å². The molecule has 0 bridgehead atoms. The number of nitrogens with zero attached hydrogens (tertiary/aromatic N) is 4. The fraction of sp³-hybridized carbons (Fsp3) is 0.406. The molecule has 5 rings (SSSR count). The highest BCUT2D eigenvalue weighted by Crippen LogP contribution is 2.38. The topological polar surface area (TPSA) is 130 Å². The average molecular weight is 620 g/mol. The lowest BCUT2D eigenvalue weighted by atomic mass is 10.1. The standard InChI is InChI=1S/C32H41N7O6/c1-5-43-31(40)26-21-33-27-20-29(44-18-6-12-39-13-11-34-36-39)28(42-4)19-25(27)30(26)37-14-16-38(17-15-37)32(41)35-23-7-9-24(10-8-23)45-22(2)3/h7-11,13,19-22,34,36H,5-6,12,14-18H2,1-4H3,(H,35,41). The number of ether oxygens (including phenoxy) is 4. The second-order valence-electron chi connectivity index (χ2n) is 10.8. The molecule has 3 aromatic rings. The van der Waals surface area contributed by atoms with Gasteiger partial charge in [-0.3, -0.25) is 9.99 Å². The highest BCUT2D eigenvalue weighted by molar-refractivity contribution is 6.06. The van der Waals surface area contributed by atoms with Crippen LogP contribution < -0.4 is 35.4 Å². The predicted molar refractivity (Wildman–Crippen MR) is 171 cm³/mol. The number of pyridine rings is 1. The van der Waals surface area contributed by atoms with Crippen LogP contribution in [0.4, 0.5) is 16.2 Å². The lowest BCUT2D eigenvalue weighted by Gasteiger charge is -2.37. The van der Waals surface area contributed by atoms with E-state index in [-0.39, 0.29) is 18.7 Å². The van der Waals surface area contributed by atoms with Gasteiger partial charge in [0.2, 0.25) is 0 Å². The Hall–Kier alpha value is -4.91. The van der Waals surface area contributed by atoms with Gasteiger partial charge in [-0.1, -0.05) is 0 Å². The third kappa shape index (κ3) is 7.79. The van der Waals surface area contributed by atoms with Crippen LogP contribution in [0.3, 0.4) is 0 Å². The average Bonchev–Trinajstić information content (AvgIpc) is 3.57. The number of methoxy groups -OCH3 is 1. The number of benzene rings is 2. The maximum absolute atomic E-state index is 13.1. The van der Waals surface area contributed by atoms with E-state index in [1.807, 2.05) is 67.7 Å². The molecule has 13 heteroatoms. The maximum Gasteiger partial charge on any atom is 0.341 e. The molecule has 45 heavy (non-hydrogen) atoms. The van der Waals surface area contributed by atoms with Gasteiger partial charge in [-0.15, -0.1) is 5.53 Å². The molecule has 1 aromatic heterocycles. The Bertz CT molecular complexity index is 1510. The number of aromatic nitrogens is 1. The zero-order valence-corrected chi connectivity index (χ0v) is 26.2. The summed E-state index contributed by atoms with van der Waals surface area (Å²) in [6, 6.07) is 10.8. The fourth-order valence-corrected chi connectivity index (χ4v) is 5.21. The van der Waals surface area contributed by atoms with Crippen molar-refractivity contribution in [3.63, 3.8) is 0 Å². The largest absolute Gasteiger partial charge is 0.493 e. The minimum absolute atomic E-state index is 0.0729. The summed E-state index contributed by atoms with van der Waals surface area (Å²) in [7, 11) is 1.59. The van der Waals surface area contributed by atoms with E-state index in [0.29, 0.717) is 66.7 Å². The van der Waals surface area contributed by atoms with Crippen molar-refractivity contribution in [2.24, 2.45) is 0 Å². The first-order valence-electron chi connectivity index (χ1n) is 15.2. The maximum atomic E-state index is 13.1. The second kappa shape index (κ2) is 14.7. The van der Waals surface area contributed by atoms with Crippen LogP contribution in [0.1, 0.15) is 37.6 Å². The Balaban J connectivity index is 1.31. The van der Waals surface area contributed by atoms with E-state index in [1.165, 1.54) is 0 Å². The van der Waals surface area contributed by atoms with Crippen LogP contribution in [0, 0.1) is 0 Å². The van der Waals surface area contributed by atoms with Crippen molar-refractivity contribution in [3.8, 4) is 17.2 Å². The van der Waals surface area contributed by atoms with Gasteiger partial charge in [0.15, 0.2) is 11.5 Å². The summed E-state index contributed by atoms with van der Waals surface area (Å²) >= 11 is 0. The summed E-state index contributed by atoms with van der Waals surface area (Å²) in [6.07, 6.45) is 6.13. The molecule has 0 spiro atoms. The Labute approximate surface area is 263 Å². The number of urea groups is 1. The zero-order valence-electron chi connectivity index (χ0n) is 26.2. The van der Waals surface area contributed by atoms with Crippen molar-refractivity contribution in [1.82, 2.24) is 25.9 Å². The molecule has 1 saturated heterocycles. The number of carbonyl (C=O) groups is 2. The minimum atomic E-state index is -0.453. The summed E-state index contributed by atoms with van der Waals surface area (Å²) in [5.74, 6) is 1.40. The molecule has 2 aliphatic heterocycles. The molecule has 2 aliphatic rings. The first-order valence-corrected chi connectivity index (χ1v) is 15.2. The molecule has 0 aliphatic carbocycles. The van der Waals surface area contributed by atoms with E-state index in [4.69, 9.17) is 18.9 Å². The normalized spacial score (nSPS) is 14.5. The molecule has 1 fully saturated rings.